The van der Waals surface area contributed by atoms with Gasteiger partial charge in [-0.15, -0.1) is 10.2 Å². The molecule has 10 rings (SSSR count). The molecule has 1 saturated carbocycles. The monoisotopic (exact) mass is 810 g/mol. The lowest BCUT2D eigenvalue weighted by atomic mass is 9.61. The average Bonchev–Trinajstić information content (AvgIpc) is 4.06. The van der Waals surface area contributed by atoms with Crippen molar-refractivity contribution in [1.29, 1.82) is 0 Å². The Morgan fingerprint density at radius 2 is 1.75 bits per heavy atom. The van der Waals surface area contributed by atoms with E-state index in [0.29, 0.717) is 31.9 Å². The molecule has 59 heavy (non-hydrogen) atoms. The van der Waals surface area contributed by atoms with Crippen LogP contribution >= 0.6 is 11.3 Å². The standard InChI is InChI=1S/C41H38N12O5S/c1-42-24-15-26-4-6-32(53(26)45-20-24)31-17-30(43-2)29(21-44-31)36-47-48-40(59-36)50-13-11-49(12-14-50)37(56)23-18-41(19-23)9-10-51(22-41)25-3-5-27-28(16-25)39(58)52(38(27)57)33-7-8-34(54)46-35(33)55/h3-6,15-17,20-21,23,33H,7-14,18-19,22H2,2H3,(H,43,44)(H,46,54,55). The van der Waals surface area contributed by atoms with Gasteiger partial charge in [0.15, 0.2) is 5.01 Å². The number of amides is 5. The molecule has 5 aromatic rings. The van der Waals surface area contributed by atoms with E-state index in [0.717, 1.165) is 81.2 Å². The number of pyridine rings is 1. The van der Waals surface area contributed by atoms with Gasteiger partial charge >= 0.3 is 0 Å². The van der Waals surface area contributed by atoms with E-state index < -0.39 is 29.7 Å². The molecule has 17 nitrogen and oxygen atoms in total. The van der Waals surface area contributed by atoms with Gasteiger partial charge < -0.3 is 20.0 Å². The number of aromatic nitrogens is 5. The number of benzene rings is 1. The highest BCUT2D eigenvalue weighted by atomic mass is 32.1. The van der Waals surface area contributed by atoms with Crippen molar-refractivity contribution in [1.82, 2.24) is 39.9 Å². The summed E-state index contributed by atoms with van der Waals surface area (Å²) in [4.78, 5) is 80.0. The van der Waals surface area contributed by atoms with Gasteiger partial charge in [-0.05, 0) is 73.6 Å². The van der Waals surface area contributed by atoms with Crippen LogP contribution in [0, 0.1) is 17.9 Å². The Bertz CT molecular complexity index is 2650. The lowest BCUT2D eigenvalue weighted by molar-refractivity contribution is -0.143. The number of fused-ring (bicyclic) bond motifs is 2. The van der Waals surface area contributed by atoms with Crippen LogP contribution in [-0.2, 0) is 14.4 Å². The Morgan fingerprint density at radius 3 is 2.53 bits per heavy atom. The topological polar surface area (TPSA) is 183 Å². The Balaban J connectivity index is 0.738. The van der Waals surface area contributed by atoms with Crippen LogP contribution in [0.1, 0.15) is 52.8 Å². The largest absolute Gasteiger partial charge is 0.387 e. The van der Waals surface area contributed by atoms with Crippen molar-refractivity contribution in [2.24, 2.45) is 11.3 Å². The van der Waals surface area contributed by atoms with Gasteiger partial charge in [-0.2, -0.15) is 5.10 Å². The van der Waals surface area contributed by atoms with Crippen molar-refractivity contribution >= 4 is 68.6 Å². The highest BCUT2D eigenvalue weighted by Crippen LogP contribution is 2.53. The quantitative estimate of drug-likeness (QED) is 0.179. The van der Waals surface area contributed by atoms with Gasteiger partial charge in [-0.1, -0.05) is 11.3 Å². The zero-order chi connectivity index (χ0) is 40.6. The van der Waals surface area contributed by atoms with Gasteiger partial charge in [0.1, 0.15) is 6.04 Å². The van der Waals surface area contributed by atoms with Crippen LogP contribution in [0.15, 0.2) is 54.9 Å². The molecule has 1 unspecified atom stereocenters. The summed E-state index contributed by atoms with van der Waals surface area (Å²) in [6.45, 7) is 11.3. The summed E-state index contributed by atoms with van der Waals surface area (Å²) in [7, 11) is 1.85. The third-order valence-electron chi connectivity index (χ3n) is 12.5. The van der Waals surface area contributed by atoms with Crippen molar-refractivity contribution < 1.29 is 24.0 Å². The first-order valence-corrected chi connectivity index (χ1v) is 20.5. The summed E-state index contributed by atoms with van der Waals surface area (Å²) in [5, 5.41) is 20.5. The van der Waals surface area contributed by atoms with Gasteiger partial charge in [0.2, 0.25) is 28.5 Å². The summed E-state index contributed by atoms with van der Waals surface area (Å²) in [6.07, 6.45) is 6.09. The highest BCUT2D eigenvalue weighted by Gasteiger charge is 2.52. The molecule has 4 aliphatic heterocycles. The Kier molecular flexibility index (Phi) is 8.67. The molecule has 5 amide bonds. The number of nitrogens with one attached hydrogen (secondary N) is 2. The van der Waals surface area contributed by atoms with Gasteiger partial charge in [-0.25, -0.2) is 9.36 Å². The van der Waals surface area contributed by atoms with Crippen molar-refractivity contribution in [3.05, 3.63) is 77.4 Å². The number of carbonyl (C=O) groups is 5. The molecule has 5 aliphatic rings. The van der Waals surface area contributed by atoms with Crippen LogP contribution in [0.25, 0.3) is 32.3 Å². The fourth-order valence-corrected chi connectivity index (χ4v) is 10.3. The van der Waals surface area contributed by atoms with Crippen LogP contribution < -0.4 is 20.4 Å². The summed E-state index contributed by atoms with van der Waals surface area (Å²) in [6, 6.07) is 11.9. The molecule has 1 aromatic carbocycles. The molecule has 8 heterocycles. The minimum absolute atomic E-state index is 0.0249. The first kappa shape index (κ1) is 36.6. The second-order valence-electron chi connectivity index (χ2n) is 15.9. The van der Waals surface area contributed by atoms with Crippen molar-refractivity contribution in [2.45, 2.75) is 38.1 Å². The van der Waals surface area contributed by atoms with Gasteiger partial charge in [0.25, 0.3) is 11.8 Å². The minimum atomic E-state index is -0.998. The maximum Gasteiger partial charge on any atom is 0.262 e. The molecule has 2 N–H and O–H groups in total. The molecule has 3 saturated heterocycles. The van der Waals surface area contributed by atoms with Crippen molar-refractivity contribution in [3.8, 4) is 22.0 Å². The zero-order valence-corrected chi connectivity index (χ0v) is 32.9. The van der Waals surface area contributed by atoms with Gasteiger partial charge in [0.05, 0.1) is 46.4 Å². The third kappa shape index (κ3) is 6.15. The summed E-state index contributed by atoms with van der Waals surface area (Å²) < 4.78 is 1.77. The fourth-order valence-electron chi connectivity index (χ4n) is 9.35. The molecule has 1 atom stereocenters. The number of hydrogen-bond acceptors (Lipinski definition) is 13. The zero-order valence-electron chi connectivity index (χ0n) is 32.1. The average molecular weight is 811 g/mol. The third-order valence-corrected chi connectivity index (χ3v) is 13.5. The van der Waals surface area contributed by atoms with Gasteiger partial charge in [0, 0.05) is 76.2 Å². The van der Waals surface area contributed by atoms with Crippen LogP contribution in [0.5, 0.6) is 0 Å². The molecule has 18 heteroatoms. The number of piperidine rings is 1. The molecular formula is C41H38N12O5S. The second kappa shape index (κ2) is 14.0. The molecular weight excluding hydrogens is 773 g/mol. The highest BCUT2D eigenvalue weighted by molar-refractivity contribution is 7.18. The number of piperazine rings is 1. The van der Waals surface area contributed by atoms with E-state index in [1.807, 2.05) is 36.2 Å². The van der Waals surface area contributed by atoms with Gasteiger partial charge in [-0.3, -0.25) is 39.2 Å². The van der Waals surface area contributed by atoms with Crippen molar-refractivity contribution in [3.63, 3.8) is 0 Å². The molecule has 0 bridgehead atoms. The molecule has 4 fully saturated rings. The van der Waals surface area contributed by atoms with E-state index >= 15 is 0 Å². The molecule has 4 aromatic heterocycles. The van der Waals surface area contributed by atoms with E-state index in [1.165, 1.54) is 11.3 Å². The first-order chi connectivity index (χ1) is 28.6. The predicted molar refractivity (Wildman–Crippen MR) is 217 cm³/mol. The van der Waals surface area contributed by atoms with E-state index in [9.17, 15) is 24.0 Å². The smallest absolute Gasteiger partial charge is 0.262 e. The predicted octanol–water partition coefficient (Wildman–Crippen LogP) is 3.86. The normalized spacial score (nSPS) is 22.8. The Hall–Kier alpha value is -6.74. The maximum atomic E-state index is 13.7. The summed E-state index contributed by atoms with van der Waals surface area (Å²) in [5.41, 5.74) is 5.92. The summed E-state index contributed by atoms with van der Waals surface area (Å²) >= 11 is 1.49. The molecule has 1 spiro atoms. The SMILES string of the molecule is [C-]#[N+]c1cnn2c(-c3cc(NC)c(-c4nnc(N5CCN(C(=O)C6CC7(CCN(c8ccc9c(c8)C(=O)N(C8CCC(=O)NC8=O)C9=O)C7)C6)CC5)s4)cn3)ccc2c1. The number of hydrogen-bond donors (Lipinski definition) is 2. The van der Waals surface area contributed by atoms with E-state index in [2.05, 4.69) is 40.6 Å². The fraction of sp³-hybridized carbons (Fsp3) is 0.366. The number of imide groups is 2. The van der Waals surface area contributed by atoms with E-state index in [4.69, 9.17) is 11.6 Å². The number of carbonyl (C=O) groups excluding carboxylic acids is 5. The lowest BCUT2D eigenvalue weighted by Gasteiger charge is -2.47. The molecule has 1 aliphatic carbocycles. The maximum absolute atomic E-state index is 13.7. The minimum Gasteiger partial charge on any atom is -0.387 e. The first-order valence-electron chi connectivity index (χ1n) is 19.6. The van der Waals surface area contributed by atoms with Crippen LogP contribution in [0.2, 0.25) is 0 Å². The number of rotatable bonds is 7. The number of anilines is 3. The Morgan fingerprint density at radius 1 is 0.932 bits per heavy atom. The van der Waals surface area contributed by atoms with Crippen molar-refractivity contribution in [2.75, 3.05) is 61.4 Å². The second-order valence-corrected chi connectivity index (χ2v) is 16.9. The van der Waals surface area contributed by atoms with E-state index in [1.54, 1.807) is 35.1 Å². The molecule has 298 valence electrons. The summed E-state index contributed by atoms with van der Waals surface area (Å²) in [5.74, 6) is -1.88. The van der Waals surface area contributed by atoms with Crippen LogP contribution in [0.4, 0.5) is 22.2 Å². The van der Waals surface area contributed by atoms with Crippen LogP contribution in [-0.4, -0.2) is 116 Å². The number of nitrogens with zero attached hydrogens (tertiary/aromatic N) is 10. The lowest BCUT2D eigenvalue weighted by Crippen LogP contribution is -2.54. The van der Waals surface area contributed by atoms with Crippen LogP contribution in [0.3, 0.4) is 0 Å². The Labute approximate surface area is 341 Å². The molecule has 0 radical (unpaired) electrons. The van der Waals surface area contributed by atoms with E-state index in [-0.39, 0.29) is 41.2 Å².